The summed E-state index contributed by atoms with van der Waals surface area (Å²) < 4.78 is 1.39. The van der Waals surface area contributed by atoms with Crippen LogP contribution in [0.25, 0.3) is 0 Å². The maximum atomic E-state index is 11.2. The number of aromatic nitrogens is 2. The van der Waals surface area contributed by atoms with Crippen molar-refractivity contribution in [2.45, 2.75) is 15.6 Å². The first-order valence-electron chi connectivity index (χ1n) is 4.76. The molecule has 94 valence electrons. The number of hydrogen-bond acceptors (Lipinski definition) is 7. The SMILES string of the molecule is CCNC(=O)CSc1nnc(SCC(N)=O)s1. The van der Waals surface area contributed by atoms with Crippen LogP contribution in [0.4, 0.5) is 0 Å². The van der Waals surface area contributed by atoms with E-state index < -0.39 is 0 Å². The molecule has 0 atom stereocenters. The standard InChI is InChI=1S/C8H12N4O2S3/c1-2-10-6(14)4-16-8-12-11-7(17-8)15-3-5(9)13/h2-4H2,1H3,(H2,9,13)(H,10,14). The fraction of sp³-hybridized carbons (Fsp3) is 0.500. The molecule has 1 aromatic rings. The van der Waals surface area contributed by atoms with Crippen LogP contribution in [0.3, 0.4) is 0 Å². The lowest BCUT2D eigenvalue weighted by Gasteiger charge is -1.98. The molecule has 0 aromatic carbocycles. The Labute approximate surface area is 111 Å². The van der Waals surface area contributed by atoms with E-state index in [0.29, 0.717) is 21.0 Å². The summed E-state index contributed by atoms with van der Waals surface area (Å²) in [6, 6.07) is 0. The molecule has 0 spiro atoms. The van der Waals surface area contributed by atoms with Gasteiger partial charge in [-0.2, -0.15) is 0 Å². The van der Waals surface area contributed by atoms with Gasteiger partial charge in [0.05, 0.1) is 11.5 Å². The van der Waals surface area contributed by atoms with Crippen LogP contribution in [0, 0.1) is 0 Å². The van der Waals surface area contributed by atoms with E-state index in [4.69, 9.17) is 5.73 Å². The van der Waals surface area contributed by atoms with E-state index in [1.54, 1.807) is 0 Å². The zero-order valence-corrected chi connectivity index (χ0v) is 11.6. The number of rotatable bonds is 7. The van der Waals surface area contributed by atoms with Crippen LogP contribution in [0.2, 0.25) is 0 Å². The van der Waals surface area contributed by atoms with Gasteiger partial charge in [-0.3, -0.25) is 9.59 Å². The second-order valence-corrected chi connectivity index (χ2v) is 6.25. The van der Waals surface area contributed by atoms with Crippen LogP contribution in [-0.4, -0.2) is 40.1 Å². The summed E-state index contributed by atoms with van der Waals surface area (Å²) in [5.41, 5.74) is 5.02. The van der Waals surface area contributed by atoms with Gasteiger partial charge in [-0.15, -0.1) is 10.2 Å². The number of carbonyl (C=O) groups is 2. The van der Waals surface area contributed by atoms with Crippen LogP contribution in [0.15, 0.2) is 8.68 Å². The summed E-state index contributed by atoms with van der Waals surface area (Å²) in [6.45, 7) is 2.49. The Morgan fingerprint density at radius 3 is 2.41 bits per heavy atom. The predicted octanol–water partition coefficient (Wildman–Crippen LogP) is 0.344. The highest BCUT2D eigenvalue weighted by molar-refractivity contribution is 8.03. The van der Waals surface area contributed by atoms with Gasteiger partial charge in [-0.25, -0.2) is 0 Å². The second kappa shape index (κ2) is 7.51. The monoisotopic (exact) mass is 292 g/mol. The minimum atomic E-state index is -0.387. The summed E-state index contributed by atoms with van der Waals surface area (Å²) >= 11 is 3.93. The van der Waals surface area contributed by atoms with E-state index in [0.717, 1.165) is 0 Å². The predicted molar refractivity (Wildman–Crippen MR) is 69.2 cm³/mol. The lowest BCUT2D eigenvalue weighted by Crippen LogP contribution is -2.24. The molecule has 6 nitrogen and oxygen atoms in total. The van der Waals surface area contributed by atoms with Crippen molar-refractivity contribution in [3.8, 4) is 0 Å². The van der Waals surface area contributed by atoms with Gasteiger partial charge in [0.15, 0.2) is 8.68 Å². The molecule has 1 heterocycles. The van der Waals surface area contributed by atoms with Crippen LogP contribution in [-0.2, 0) is 9.59 Å². The van der Waals surface area contributed by atoms with Gasteiger partial charge >= 0.3 is 0 Å². The number of nitrogens with zero attached hydrogens (tertiary/aromatic N) is 2. The Morgan fingerprint density at radius 1 is 1.29 bits per heavy atom. The maximum Gasteiger partial charge on any atom is 0.230 e. The molecule has 0 radical (unpaired) electrons. The smallest absolute Gasteiger partial charge is 0.230 e. The Kier molecular flexibility index (Phi) is 6.30. The molecule has 0 aliphatic heterocycles. The van der Waals surface area contributed by atoms with Crippen molar-refractivity contribution < 1.29 is 9.59 Å². The molecule has 0 saturated heterocycles. The van der Waals surface area contributed by atoms with Crippen molar-refractivity contribution in [2.75, 3.05) is 18.1 Å². The van der Waals surface area contributed by atoms with E-state index in [-0.39, 0.29) is 17.6 Å². The second-order valence-electron chi connectivity index (χ2n) is 2.83. The number of primary amides is 1. The molecule has 0 unspecified atom stereocenters. The van der Waals surface area contributed by atoms with E-state index in [9.17, 15) is 9.59 Å². The summed E-state index contributed by atoms with van der Waals surface area (Å²) in [6.07, 6.45) is 0. The molecule has 0 fully saturated rings. The Morgan fingerprint density at radius 2 is 1.88 bits per heavy atom. The molecular weight excluding hydrogens is 280 g/mol. The maximum absolute atomic E-state index is 11.2. The Balaban J connectivity index is 2.35. The van der Waals surface area contributed by atoms with Gasteiger partial charge in [0.1, 0.15) is 0 Å². The topological polar surface area (TPSA) is 98.0 Å². The average molecular weight is 292 g/mol. The quantitative estimate of drug-likeness (QED) is 0.703. The van der Waals surface area contributed by atoms with E-state index in [1.165, 1.54) is 34.9 Å². The zero-order valence-electron chi connectivity index (χ0n) is 9.13. The van der Waals surface area contributed by atoms with Crippen LogP contribution >= 0.6 is 34.9 Å². The molecular formula is C8H12N4O2S3. The van der Waals surface area contributed by atoms with Crippen molar-refractivity contribution in [3.05, 3.63) is 0 Å². The third kappa shape index (κ3) is 5.89. The molecule has 3 N–H and O–H groups in total. The highest BCUT2D eigenvalue weighted by Gasteiger charge is 2.08. The molecule has 1 rings (SSSR count). The Bertz CT molecular complexity index is 396. The van der Waals surface area contributed by atoms with Gasteiger partial charge in [-0.1, -0.05) is 34.9 Å². The van der Waals surface area contributed by atoms with E-state index in [2.05, 4.69) is 15.5 Å². The summed E-state index contributed by atoms with van der Waals surface area (Å²) in [5.74, 6) is 0.0965. The van der Waals surface area contributed by atoms with E-state index in [1.807, 2.05) is 6.92 Å². The van der Waals surface area contributed by atoms with Gasteiger partial charge in [-0.05, 0) is 6.92 Å². The number of nitrogens with two attached hydrogens (primary N) is 1. The van der Waals surface area contributed by atoms with E-state index >= 15 is 0 Å². The summed E-state index contributed by atoms with van der Waals surface area (Å²) in [4.78, 5) is 21.8. The van der Waals surface area contributed by atoms with Crippen LogP contribution < -0.4 is 11.1 Å². The lowest BCUT2D eigenvalue weighted by molar-refractivity contribution is -0.118. The van der Waals surface area contributed by atoms with Gasteiger partial charge < -0.3 is 11.1 Å². The zero-order chi connectivity index (χ0) is 12.7. The van der Waals surface area contributed by atoms with Crippen molar-refractivity contribution in [2.24, 2.45) is 5.73 Å². The first-order chi connectivity index (χ1) is 8.11. The number of thioether (sulfide) groups is 2. The average Bonchev–Trinajstić information content (AvgIpc) is 2.72. The van der Waals surface area contributed by atoms with Gasteiger partial charge in [0, 0.05) is 6.54 Å². The third-order valence-electron chi connectivity index (χ3n) is 1.43. The normalized spacial score (nSPS) is 10.2. The third-order valence-corrected chi connectivity index (χ3v) is 4.64. The molecule has 17 heavy (non-hydrogen) atoms. The Hall–Kier alpha value is -0.800. The van der Waals surface area contributed by atoms with Crippen LogP contribution in [0.1, 0.15) is 6.92 Å². The highest BCUT2D eigenvalue weighted by atomic mass is 32.2. The molecule has 1 aromatic heterocycles. The number of amides is 2. The lowest BCUT2D eigenvalue weighted by atomic mass is 10.6. The summed E-state index contributed by atoms with van der Waals surface area (Å²) in [7, 11) is 0. The molecule has 9 heteroatoms. The first kappa shape index (κ1) is 14.3. The number of hydrogen-bond donors (Lipinski definition) is 2. The first-order valence-corrected chi connectivity index (χ1v) is 7.54. The largest absolute Gasteiger partial charge is 0.369 e. The molecule has 2 amide bonds. The minimum absolute atomic E-state index is 0.0287. The minimum Gasteiger partial charge on any atom is -0.369 e. The van der Waals surface area contributed by atoms with Crippen molar-refractivity contribution >= 4 is 46.7 Å². The van der Waals surface area contributed by atoms with Crippen molar-refractivity contribution in [3.63, 3.8) is 0 Å². The molecule has 0 aliphatic carbocycles. The number of nitrogens with one attached hydrogen (secondary N) is 1. The van der Waals surface area contributed by atoms with Gasteiger partial charge in [0.25, 0.3) is 0 Å². The fourth-order valence-electron chi connectivity index (χ4n) is 0.822. The number of carbonyl (C=O) groups excluding carboxylic acids is 2. The fourth-order valence-corrected chi connectivity index (χ4v) is 3.41. The molecule has 0 aliphatic rings. The highest BCUT2D eigenvalue weighted by Crippen LogP contribution is 2.28. The molecule has 0 saturated carbocycles. The van der Waals surface area contributed by atoms with Crippen molar-refractivity contribution in [1.82, 2.24) is 15.5 Å². The van der Waals surface area contributed by atoms with Gasteiger partial charge in [0.2, 0.25) is 11.8 Å². The van der Waals surface area contributed by atoms with Crippen molar-refractivity contribution in [1.29, 1.82) is 0 Å². The van der Waals surface area contributed by atoms with Crippen LogP contribution in [0.5, 0.6) is 0 Å². The molecule has 0 bridgehead atoms. The summed E-state index contributed by atoms with van der Waals surface area (Å²) in [5, 5.41) is 10.5.